The molecule has 1 N–H and O–H groups in total. The molecule has 0 aliphatic heterocycles. The van der Waals surface area contributed by atoms with E-state index in [0.29, 0.717) is 12.8 Å². The van der Waals surface area contributed by atoms with E-state index in [4.69, 9.17) is 21.1 Å². The maximum Gasteiger partial charge on any atom is 0.306 e. The van der Waals surface area contributed by atoms with Crippen LogP contribution in [0.1, 0.15) is 66.7 Å². The number of aliphatic hydroxyl groups is 1. The fraction of sp³-hybridized carbons (Fsp3) is 0.714. The number of ketones is 2. The van der Waals surface area contributed by atoms with Gasteiger partial charge in [-0.25, -0.2) is 0 Å². The number of Topliss-reactive ketones (excluding diaryl/α,β-unsaturated/α-hetero) is 1. The number of carbonyl (C=O) groups excluding carboxylic acids is 4. The van der Waals surface area contributed by atoms with Crippen molar-refractivity contribution in [3.63, 3.8) is 0 Å². The van der Waals surface area contributed by atoms with Gasteiger partial charge in [-0.1, -0.05) is 46.3 Å². The van der Waals surface area contributed by atoms with Crippen molar-refractivity contribution in [2.75, 3.05) is 6.61 Å². The third-order valence-corrected chi connectivity index (χ3v) is 10.1. The largest absolute Gasteiger partial charge is 0.457 e. The first-order valence-corrected chi connectivity index (χ1v) is 13.5. The zero-order valence-corrected chi connectivity index (χ0v) is 22.5. The molecule has 36 heavy (non-hydrogen) atoms. The molecule has 198 valence electrons. The van der Waals surface area contributed by atoms with Crippen LogP contribution in [0.2, 0.25) is 0 Å². The molecule has 4 rings (SSSR count). The normalized spacial score (nSPS) is 43.1. The van der Waals surface area contributed by atoms with Crippen LogP contribution in [0.25, 0.3) is 0 Å². The summed E-state index contributed by atoms with van der Waals surface area (Å²) in [5, 5.41) is 11.4. The standard InChI is InChI=1S/C28H37ClO7/c1-6-22(33)35-14-21(32)28(36-23(34)7-2)15(3)10-18-24-19(29)12-16-11-17(30)8-9-26(16,4)25(24)20(31)13-27(18,28)5/h8-9,11,15,18-20,24-25,31H,6-7,10,12-14H2,1-5H3/t15-,18+,19-,20+,24?,25+,26+,27+,28?/m1/s1. The Balaban J connectivity index is 1.79. The average molecular weight is 521 g/mol. The first-order chi connectivity index (χ1) is 16.9. The first kappa shape index (κ1) is 27.1. The first-order valence-electron chi connectivity index (χ1n) is 13.0. The van der Waals surface area contributed by atoms with Gasteiger partial charge in [0.2, 0.25) is 5.78 Å². The minimum atomic E-state index is -1.54. The molecule has 7 nitrogen and oxygen atoms in total. The Morgan fingerprint density at radius 2 is 1.83 bits per heavy atom. The number of carbonyl (C=O) groups is 4. The topological polar surface area (TPSA) is 107 Å². The van der Waals surface area contributed by atoms with Gasteiger partial charge in [-0.2, -0.15) is 0 Å². The molecule has 0 saturated heterocycles. The van der Waals surface area contributed by atoms with Gasteiger partial charge in [-0.05, 0) is 43.3 Å². The number of hydrogen-bond donors (Lipinski definition) is 1. The van der Waals surface area contributed by atoms with Crippen LogP contribution in [0.4, 0.5) is 0 Å². The highest BCUT2D eigenvalue weighted by atomic mass is 35.5. The van der Waals surface area contributed by atoms with Gasteiger partial charge < -0.3 is 14.6 Å². The lowest BCUT2D eigenvalue weighted by Gasteiger charge is -2.61. The van der Waals surface area contributed by atoms with Gasteiger partial charge in [-0.15, -0.1) is 11.6 Å². The van der Waals surface area contributed by atoms with Crippen molar-refractivity contribution >= 4 is 35.1 Å². The van der Waals surface area contributed by atoms with Gasteiger partial charge in [0, 0.05) is 40.9 Å². The van der Waals surface area contributed by atoms with Crippen LogP contribution < -0.4 is 0 Å². The Morgan fingerprint density at radius 3 is 2.47 bits per heavy atom. The summed E-state index contributed by atoms with van der Waals surface area (Å²) in [5.74, 6) is -2.44. The van der Waals surface area contributed by atoms with Gasteiger partial charge in [0.05, 0.1) is 6.10 Å². The molecule has 2 unspecified atom stereocenters. The molecule has 4 aliphatic rings. The zero-order chi connectivity index (χ0) is 26.6. The molecule has 0 aromatic heterocycles. The second kappa shape index (κ2) is 9.39. The minimum absolute atomic E-state index is 0.0767. The van der Waals surface area contributed by atoms with Gasteiger partial charge in [0.15, 0.2) is 18.0 Å². The maximum atomic E-state index is 13.9. The Bertz CT molecular complexity index is 1030. The van der Waals surface area contributed by atoms with Crippen molar-refractivity contribution < 1.29 is 33.8 Å². The molecule has 9 atom stereocenters. The molecule has 3 fully saturated rings. The molecular formula is C28H37ClO7. The van der Waals surface area contributed by atoms with Crippen molar-refractivity contribution in [2.24, 2.45) is 34.5 Å². The average Bonchev–Trinajstić information content (AvgIpc) is 3.04. The fourth-order valence-corrected chi connectivity index (χ4v) is 8.54. The maximum absolute atomic E-state index is 13.9. The van der Waals surface area contributed by atoms with Gasteiger partial charge in [0.25, 0.3) is 0 Å². The fourth-order valence-electron chi connectivity index (χ4n) is 8.04. The molecule has 0 amide bonds. The predicted molar refractivity (Wildman–Crippen MR) is 133 cm³/mol. The highest BCUT2D eigenvalue weighted by molar-refractivity contribution is 6.21. The summed E-state index contributed by atoms with van der Waals surface area (Å²) in [5.41, 5.74) is -2.06. The van der Waals surface area contributed by atoms with E-state index in [1.54, 1.807) is 26.0 Å². The summed E-state index contributed by atoms with van der Waals surface area (Å²) in [7, 11) is 0. The zero-order valence-electron chi connectivity index (χ0n) is 21.7. The number of hydrogen-bond acceptors (Lipinski definition) is 7. The van der Waals surface area contributed by atoms with Crippen molar-refractivity contribution in [1.29, 1.82) is 0 Å². The predicted octanol–water partition coefficient (Wildman–Crippen LogP) is 3.94. The molecule has 0 radical (unpaired) electrons. The summed E-state index contributed by atoms with van der Waals surface area (Å²) in [6, 6.07) is 0. The monoisotopic (exact) mass is 520 g/mol. The van der Waals surface area contributed by atoms with Crippen molar-refractivity contribution in [3.05, 3.63) is 23.8 Å². The third-order valence-electron chi connectivity index (χ3n) is 9.65. The van der Waals surface area contributed by atoms with E-state index in [1.807, 2.05) is 26.8 Å². The van der Waals surface area contributed by atoms with Gasteiger partial charge in [-0.3, -0.25) is 19.2 Å². The van der Waals surface area contributed by atoms with Gasteiger partial charge in [0.1, 0.15) is 0 Å². The lowest BCUT2D eigenvalue weighted by molar-refractivity contribution is -0.205. The highest BCUT2D eigenvalue weighted by Gasteiger charge is 2.73. The van der Waals surface area contributed by atoms with Crippen LogP contribution >= 0.6 is 11.6 Å². The van der Waals surface area contributed by atoms with E-state index in [2.05, 4.69) is 0 Å². The second-order valence-electron chi connectivity index (χ2n) is 11.4. The number of alkyl halides is 1. The molecule has 0 aromatic carbocycles. The Labute approximate surface area is 217 Å². The van der Waals surface area contributed by atoms with Crippen LogP contribution in [0.15, 0.2) is 23.8 Å². The SMILES string of the molecule is CCC(=O)OCC(=O)C1(OC(=O)CC)[C@H](C)C[C@H]2C3[C@H](Cl)CC4=CC(=O)C=C[C@]4(C)[C@H]3[C@@H](O)C[C@@]21C. The summed E-state index contributed by atoms with van der Waals surface area (Å²) in [4.78, 5) is 50.5. The van der Waals surface area contributed by atoms with Crippen molar-refractivity contribution in [3.8, 4) is 0 Å². The van der Waals surface area contributed by atoms with Crippen LogP contribution in [-0.2, 0) is 28.7 Å². The van der Waals surface area contributed by atoms with Crippen LogP contribution in [0, 0.1) is 34.5 Å². The summed E-state index contributed by atoms with van der Waals surface area (Å²) >= 11 is 7.04. The molecule has 3 saturated carbocycles. The Kier molecular flexibility index (Phi) is 7.06. The Hall–Kier alpha value is -1.99. The van der Waals surface area contributed by atoms with Crippen LogP contribution in [0.3, 0.4) is 0 Å². The third kappa shape index (κ3) is 3.80. The van der Waals surface area contributed by atoms with E-state index in [1.165, 1.54) is 0 Å². The van der Waals surface area contributed by atoms with E-state index >= 15 is 0 Å². The molecule has 0 spiro atoms. The van der Waals surface area contributed by atoms with Crippen molar-refractivity contribution in [2.45, 2.75) is 83.8 Å². The van der Waals surface area contributed by atoms with Gasteiger partial charge >= 0.3 is 11.9 Å². The Morgan fingerprint density at radius 1 is 1.17 bits per heavy atom. The number of halogens is 1. The molecule has 0 bridgehead atoms. The summed E-state index contributed by atoms with van der Waals surface area (Å²) in [6.07, 6.45) is 5.79. The highest BCUT2D eigenvalue weighted by Crippen LogP contribution is 2.69. The van der Waals surface area contributed by atoms with E-state index in [-0.39, 0.29) is 54.1 Å². The lowest BCUT2D eigenvalue weighted by atomic mass is 9.46. The number of allylic oxidation sites excluding steroid dienone is 4. The van der Waals surface area contributed by atoms with E-state index < -0.39 is 46.9 Å². The minimum Gasteiger partial charge on any atom is -0.457 e. The molecule has 4 aliphatic carbocycles. The summed E-state index contributed by atoms with van der Waals surface area (Å²) < 4.78 is 11.3. The second-order valence-corrected chi connectivity index (χ2v) is 12.0. The number of rotatable bonds is 6. The smallest absolute Gasteiger partial charge is 0.306 e. The van der Waals surface area contributed by atoms with Crippen LogP contribution in [-0.4, -0.2) is 52.3 Å². The van der Waals surface area contributed by atoms with Crippen LogP contribution in [0.5, 0.6) is 0 Å². The number of fused-ring (bicyclic) bond motifs is 5. The molecule has 0 heterocycles. The van der Waals surface area contributed by atoms with Crippen molar-refractivity contribution in [1.82, 2.24) is 0 Å². The molecular weight excluding hydrogens is 484 g/mol. The van der Waals surface area contributed by atoms with E-state index in [0.717, 1.165) is 5.57 Å². The number of aliphatic hydroxyl groups excluding tert-OH is 1. The summed E-state index contributed by atoms with van der Waals surface area (Å²) in [6.45, 7) is 8.69. The number of esters is 2. The number of ether oxygens (including phenoxy) is 2. The molecule has 8 heteroatoms. The lowest BCUT2D eigenvalue weighted by Crippen LogP contribution is -2.65. The quantitative estimate of drug-likeness (QED) is 0.417. The van der Waals surface area contributed by atoms with E-state index in [9.17, 15) is 24.3 Å². The molecule has 0 aromatic rings.